The Hall–Kier alpha value is -2.16. The van der Waals surface area contributed by atoms with Crippen LogP contribution in [-0.2, 0) is 16.6 Å². The van der Waals surface area contributed by atoms with Gasteiger partial charge >= 0.3 is 0 Å². The predicted molar refractivity (Wildman–Crippen MR) is 128 cm³/mol. The fourth-order valence-electron chi connectivity index (χ4n) is 5.25. The normalized spacial score (nSPS) is 20.0. The van der Waals surface area contributed by atoms with Crippen molar-refractivity contribution < 1.29 is 22.3 Å². The second kappa shape index (κ2) is 8.50. The molecular weight excluding hydrogens is 479 g/mol. The van der Waals surface area contributed by atoms with Crippen molar-refractivity contribution in [2.24, 2.45) is 5.41 Å². The van der Waals surface area contributed by atoms with E-state index in [-0.39, 0.29) is 23.0 Å². The summed E-state index contributed by atoms with van der Waals surface area (Å²) in [4.78, 5) is 14.6. The molecule has 1 amide bonds. The second-order valence-electron chi connectivity index (χ2n) is 10.2. The molecule has 1 spiro atoms. The highest BCUT2D eigenvalue weighted by Gasteiger charge is 2.53. The maximum absolute atomic E-state index is 14.7. The molecule has 0 atom stereocenters. The zero-order valence-electron chi connectivity index (χ0n) is 19.2. The number of ether oxygens (including phenoxy) is 1. The van der Waals surface area contributed by atoms with Crippen molar-refractivity contribution in [1.82, 2.24) is 9.62 Å². The second-order valence-corrected chi connectivity index (χ2v) is 12.4. The fraction of sp³-hybridized carbons (Fsp3) is 0.480. The molecule has 9 heteroatoms. The minimum Gasteiger partial charge on any atom is -0.490 e. The van der Waals surface area contributed by atoms with E-state index in [0.717, 1.165) is 73.3 Å². The van der Waals surface area contributed by atoms with E-state index in [1.165, 1.54) is 12.1 Å². The number of carbonyl (C=O) groups excluding carboxylic acids is 1. The lowest BCUT2D eigenvalue weighted by Gasteiger charge is -2.58. The van der Waals surface area contributed by atoms with Gasteiger partial charge in [-0.05, 0) is 67.3 Å². The van der Waals surface area contributed by atoms with Gasteiger partial charge < -0.3 is 4.74 Å². The summed E-state index contributed by atoms with van der Waals surface area (Å²) in [6.07, 6.45) is 4.59. The lowest BCUT2D eigenvalue weighted by molar-refractivity contribution is -0.122. The molecule has 182 valence electrons. The first kappa shape index (κ1) is 23.6. The molecule has 3 aliphatic rings. The molecule has 3 fully saturated rings. The van der Waals surface area contributed by atoms with E-state index in [1.54, 1.807) is 0 Å². The standard InChI is InChI=1S/C25H28ClFN2O4S/c1-15-3-4-17(21(26)7-15)12-29-13-25(14-29)10-18(11-25)33-23-9-22(27)20(8-19(23)16-5-6-16)24(30)28-34(2,31)32/h3-4,7-9,16,18H,5-6,10-14H2,1-2H3,(H,28,30). The number of carbonyl (C=O) groups is 1. The molecule has 34 heavy (non-hydrogen) atoms. The number of aryl methyl sites for hydroxylation is 1. The summed E-state index contributed by atoms with van der Waals surface area (Å²) in [7, 11) is -3.78. The first-order valence-electron chi connectivity index (χ1n) is 11.5. The zero-order chi connectivity index (χ0) is 24.3. The molecular formula is C25H28ClFN2O4S. The van der Waals surface area contributed by atoms with Gasteiger partial charge in [0.05, 0.1) is 17.9 Å². The predicted octanol–water partition coefficient (Wildman–Crippen LogP) is 4.40. The van der Waals surface area contributed by atoms with Crippen LogP contribution in [0.4, 0.5) is 4.39 Å². The van der Waals surface area contributed by atoms with Crippen LogP contribution < -0.4 is 9.46 Å². The molecule has 2 aromatic rings. The van der Waals surface area contributed by atoms with Crippen molar-refractivity contribution in [2.75, 3.05) is 19.3 Å². The lowest BCUT2D eigenvalue weighted by atomic mass is 9.61. The molecule has 5 rings (SSSR count). The molecule has 1 heterocycles. The van der Waals surface area contributed by atoms with Crippen LogP contribution in [0.3, 0.4) is 0 Å². The van der Waals surface area contributed by atoms with Crippen molar-refractivity contribution in [3.05, 3.63) is 63.4 Å². The number of sulfonamides is 1. The van der Waals surface area contributed by atoms with E-state index in [2.05, 4.69) is 17.0 Å². The van der Waals surface area contributed by atoms with Gasteiger partial charge in [0.25, 0.3) is 5.91 Å². The van der Waals surface area contributed by atoms with Gasteiger partial charge in [-0.2, -0.15) is 0 Å². The Bertz CT molecular complexity index is 1250. The largest absolute Gasteiger partial charge is 0.490 e. The van der Waals surface area contributed by atoms with Gasteiger partial charge in [0.2, 0.25) is 10.0 Å². The topological polar surface area (TPSA) is 75.7 Å². The number of benzene rings is 2. The van der Waals surface area contributed by atoms with Gasteiger partial charge in [0.15, 0.2) is 0 Å². The summed E-state index contributed by atoms with van der Waals surface area (Å²) in [6.45, 7) is 4.85. The highest BCUT2D eigenvalue weighted by atomic mass is 35.5. The summed E-state index contributed by atoms with van der Waals surface area (Å²) in [6, 6.07) is 8.85. The number of halogens is 2. The van der Waals surface area contributed by atoms with Crippen LogP contribution in [0.5, 0.6) is 5.75 Å². The monoisotopic (exact) mass is 506 g/mol. The Labute approximate surface area is 204 Å². The van der Waals surface area contributed by atoms with Crippen LogP contribution in [0, 0.1) is 18.2 Å². The molecule has 0 aromatic heterocycles. The minimum absolute atomic E-state index is 0.0118. The van der Waals surface area contributed by atoms with Gasteiger partial charge in [-0.15, -0.1) is 0 Å². The van der Waals surface area contributed by atoms with E-state index >= 15 is 0 Å². The molecule has 2 saturated carbocycles. The van der Waals surface area contributed by atoms with E-state index in [1.807, 2.05) is 17.7 Å². The average Bonchev–Trinajstić information content (AvgIpc) is 3.50. The Morgan fingerprint density at radius 2 is 1.94 bits per heavy atom. The van der Waals surface area contributed by atoms with Crippen molar-refractivity contribution in [2.45, 2.75) is 51.2 Å². The third-order valence-electron chi connectivity index (χ3n) is 6.97. The van der Waals surface area contributed by atoms with Gasteiger partial charge in [-0.3, -0.25) is 9.69 Å². The Morgan fingerprint density at radius 3 is 2.56 bits per heavy atom. The van der Waals surface area contributed by atoms with Crippen LogP contribution in [-0.4, -0.2) is 44.7 Å². The van der Waals surface area contributed by atoms with E-state index in [9.17, 15) is 17.6 Å². The Kier molecular flexibility index (Phi) is 5.89. The third kappa shape index (κ3) is 4.95. The number of hydrogen-bond acceptors (Lipinski definition) is 5. The Balaban J connectivity index is 1.20. The van der Waals surface area contributed by atoms with E-state index in [0.29, 0.717) is 5.75 Å². The van der Waals surface area contributed by atoms with E-state index in [4.69, 9.17) is 16.3 Å². The molecule has 6 nitrogen and oxygen atoms in total. The zero-order valence-corrected chi connectivity index (χ0v) is 20.8. The molecule has 2 aromatic carbocycles. The average molecular weight is 507 g/mol. The summed E-state index contributed by atoms with van der Waals surface area (Å²) < 4.78 is 45.5. The number of amides is 1. The van der Waals surface area contributed by atoms with Crippen LogP contribution in [0.25, 0.3) is 0 Å². The van der Waals surface area contributed by atoms with Crippen LogP contribution in [0.1, 0.15) is 58.6 Å². The number of nitrogens with one attached hydrogen (secondary N) is 1. The molecule has 2 aliphatic carbocycles. The number of nitrogens with zero attached hydrogens (tertiary/aromatic N) is 1. The van der Waals surface area contributed by atoms with Gasteiger partial charge in [-0.1, -0.05) is 23.7 Å². The molecule has 0 radical (unpaired) electrons. The third-order valence-corrected chi connectivity index (χ3v) is 7.88. The minimum atomic E-state index is -3.78. The maximum atomic E-state index is 14.7. The lowest BCUT2D eigenvalue weighted by Crippen LogP contribution is -2.64. The van der Waals surface area contributed by atoms with Crippen molar-refractivity contribution in [3.63, 3.8) is 0 Å². The SMILES string of the molecule is Cc1ccc(CN2CC3(CC(Oc4cc(F)c(C(=O)NS(C)(=O)=O)cc4C4CC4)C3)C2)c(Cl)c1. The number of rotatable bonds is 7. The first-order valence-corrected chi connectivity index (χ1v) is 13.8. The number of hydrogen-bond donors (Lipinski definition) is 1. The van der Waals surface area contributed by atoms with E-state index < -0.39 is 21.7 Å². The highest BCUT2D eigenvalue weighted by molar-refractivity contribution is 7.89. The first-order chi connectivity index (χ1) is 16.0. The summed E-state index contributed by atoms with van der Waals surface area (Å²) in [5.74, 6) is -1.05. The molecule has 0 unspecified atom stereocenters. The van der Waals surface area contributed by atoms with Crippen LogP contribution >= 0.6 is 11.6 Å². The summed E-state index contributed by atoms with van der Waals surface area (Å²) in [5, 5.41) is 0.805. The molecule has 0 bridgehead atoms. The van der Waals surface area contributed by atoms with Crippen molar-refractivity contribution in [3.8, 4) is 5.75 Å². The molecule has 1 N–H and O–H groups in total. The van der Waals surface area contributed by atoms with Crippen LogP contribution in [0.2, 0.25) is 5.02 Å². The maximum Gasteiger partial charge on any atom is 0.267 e. The summed E-state index contributed by atoms with van der Waals surface area (Å²) in [5.41, 5.74) is 3.05. The Morgan fingerprint density at radius 1 is 1.24 bits per heavy atom. The fourth-order valence-corrected chi connectivity index (χ4v) is 5.99. The smallest absolute Gasteiger partial charge is 0.267 e. The summed E-state index contributed by atoms with van der Waals surface area (Å²) >= 11 is 6.38. The molecule has 1 saturated heterocycles. The van der Waals surface area contributed by atoms with Gasteiger partial charge in [0, 0.05) is 36.1 Å². The quantitative estimate of drug-likeness (QED) is 0.602. The van der Waals surface area contributed by atoms with Gasteiger partial charge in [0.1, 0.15) is 11.6 Å². The molecule has 1 aliphatic heterocycles. The van der Waals surface area contributed by atoms with Crippen molar-refractivity contribution in [1.29, 1.82) is 0 Å². The van der Waals surface area contributed by atoms with Crippen molar-refractivity contribution >= 4 is 27.5 Å². The highest BCUT2D eigenvalue weighted by Crippen LogP contribution is 2.52. The van der Waals surface area contributed by atoms with Gasteiger partial charge in [-0.25, -0.2) is 17.5 Å². The number of likely N-dealkylation sites (tertiary alicyclic amines) is 1. The van der Waals surface area contributed by atoms with Crippen LogP contribution in [0.15, 0.2) is 30.3 Å².